The second-order valence-corrected chi connectivity index (χ2v) is 8.17. The van der Waals surface area contributed by atoms with Gasteiger partial charge in [0, 0.05) is 5.75 Å². The van der Waals surface area contributed by atoms with Crippen molar-refractivity contribution >= 4 is 17.7 Å². The Bertz CT molecular complexity index is 877. The molecule has 0 spiro atoms. The van der Waals surface area contributed by atoms with E-state index in [-0.39, 0.29) is 18.0 Å². The number of thioether (sulfide) groups is 1. The molecule has 0 aliphatic rings. The minimum absolute atomic E-state index is 0.117. The maximum absolute atomic E-state index is 5.83. The van der Waals surface area contributed by atoms with Crippen LogP contribution in [0.15, 0.2) is 59.8 Å². The zero-order valence-electron chi connectivity index (χ0n) is 15.8. The lowest BCUT2D eigenvalue weighted by atomic mass is 9.87. The van der Waals surface area contributed by atoms with Crippen molar-refractivity contribution in [3.63, 3.8) is 0 Å². The highest BCUT2D eigenvalue weighted by atomic mass is 32.2. The summed E-state index contributed by atoms with van der Waals surface area (Å²) in [6.07, 6.45) is 0. The van der Waals surface area contributed by atoms with E-state index in [4.69, 9.17) is 10.5 Å². The molecule has 1 aromatic heterocycles. The zero-order chi connectivity index (χ0) is 19.3. The molecule has 27 heavy (non-hydrogen) atoms. The van der Waals surface area contributed by atoms with Crippen LogP contribution in [0.4, 0.5) is 5.95 Å². The van der Waals surface area contributed by atoms with E-state index in [0.717, 1.165) is 11.5 Å². The molecule has 0 saturated carbocycles. The number of aromatic nitrogens is 3. The molecular formula is C21H24N4OS. The number of hydrogen-bond donors (Lipinski definition) is 1. The van der Waals surface area contributed by atoms with Crippen molar-refractivity contribution in [2.45, 2.75) is 43.7 Å². The summed E-state index contributed by atoms with van der Waals surface area (Å²) in [4.78, 5) is 12.8. The SMILES string of the molecule is CC(C)(C)c1ccc(OCc2nc(N)nc(SCc3ccccc3)n2)cc1. The smallest absolute Gasteiger partial charge is 0.224 e. The molecule has 2 aromatic carbocycles. The molecule has 6 heteroatoms. The van der Waals surface area contributed by atoms with Crippen molar-refractivity contribution in [3.8, 4) is 5.75 Å². The molecule has 0 unspecified atom stereocenters. The number of benzene rings is 2. The quantitative estimate of drug-likeness (QED) is 0.629. The van der Waals surface area contributed by atoms with Gasteiger partial charge in [0.05, 0.1) is 0 Å². The van der Waals surface area contributed by atoms with Crippen molar-refractivity contribution in [1.29, 1.82) is 0 Å². The molecule has 0 radical (unpaired) electrons. The number of hydrogen-bond acceptors (Lipinski definition) is 6. The zero-order valence-corrected chi connectivity index (χ0v) is 16.7. The van der Waals surface area contributed by atoms with E-state index < -0.39 is 0 Å². The van der Waals surface area contributed by atoms with E-state index in [9.17, 15) is 0 Å². The summed E-state index contributed by atoms with van der Waals surface area (Å²) in [5, 5.41) is 0.605. The van der Waals surface area contributed by atoms with Crippen LogP contribution in [0.1, 0.15) is 37.7 Å². The molecule has 0 aliphatic carbocycles. The lowest BCUT2D eigenvalue weighted by Gasteiger charge is -2.19. The Morgan fingerprint density at radius 1 is 0.926 bits per heavy atom. The number of nitrogens with zero attached hydrogens (tertiary/aromatic N) is 3. The van der Waals surface area contributed by atoms with Gasteiger partial charge in [-0.25, -0.2) is 4.98 Å². The Morgan fingerprint density at radius 3 is 2.30 bits per heavy atom. The normalized spacial score (nSPS) is 11.4. The van der Waals surface area contributed by atoms with Gasteiger partial charge >= 0.3 is 0 Å². The maximum atomic E-state index is 5.83. The van der Waals surface area contributed by atoms with Crippen LogP contribution in [-0.4, -0.2) is 15.0 Å². The molecule has 5 nitrogen and oxygen atoms in total. The van der Waals surface area contributed by atoms with E-state index >= 15 is 0 Å². The first kappa shape index (κ1) is 19.2. The lowest BCUT2D eigenvalue weighted by Crippen LogP contribution is -2.11. The van der Waals surface area contributed by atoms with Crippen LogP contribution in [0.5, 0.6) is 5.75 Å². The van der Waals surface area contributed by atoms with Gasteiger partial charge in [-0.1, -0.05) is 75.0 Å². The van der Waals surface area contributed by atoms with Crippen LogP contribution < -0.4 is 10.5 Å². The highest BCUT2D eigenvalue weighted by Crippen LogP contribution is 2.25. The summed E-state index contributed by atoms with van der Waals surface area (Å²) in [5.74, 6) is 2.29. The van der Waals surface area contributed by atoms with Crippen LogP contribution in [0.3, 0.4) is 0 Å². The van der Waals surface area contributed by atoms with Crippen LogP contribution in [0.25, 0.3) is 0 Å². The van der Waals surface area contributed by atoms with Gasteiger partial charge < -0.3 is 10.5 Å². The van der Waals surface area contributed by atoms with Gasteiger partial charge in [0.1, 0.15) is 12.4 Å². The molecule has 140 valence electrons. The van der Waals surface area contributed by atoms with Gasteiger partial charge in [-0.15, -0.1) is 0 Å². The minimum Gasteiger partial charge on any atom is -0.486 e. The third-order valence-electron chi connectivity index (χ3n) is 3.98. The fourth-order valence-corrected chi connectivity index (χ4v) is 3.28. The Balaban J connectivity index is 1.62. The van der Waals surface area contributed by atoms with Gasteiger partial charge in [0.2, 0.25) is 5.95 Å². The second kappa shape index (κ2) is 8.39. The van der Waals surface area contributed by atoms with Crippen LogP contribution in [-0.2, 0) is 17.8 Å². The van der Waals surface area contributed by atoms with Gasteiger partial charge in [0.25, 0.3) is 0 Å². The first-order chi connectivity index (χ1) is 12.9. The maximum Gasteiger partial charge on any atom is 0.224 e. The van der Waals surface area contributed by atoms with Crippen molar-refractivity contribution in [2.75, 3.05) is 5.73 Å². The highest BCUT2D eigenvalue weighted by Gasteiger charge is 2.13. The molecule has 0 amide bonds. The van der Waals surface area contributed by atoms with Gasteiger partial charge in [-0.3, -0.25) is 0 Å². The summed E-state index contributed by atoms with van der Waals surface area (Å²) < 4.78 is 5.81. The molecular weight excluding hydrogens is 356 g/mol. The first-order valence-electron chi connectivity index (χ1n) is 8.81. The number of nitrogen functional groups attached to an aromatic ring is 1. The summed E-state index contributed by atoms with van der Waals surface area (Å²) in [5.41, 5.74) is 8.42. The third-order valence-corrected chi connectivity index (χ3v) is 4.90. The van der Waals surface area contributed by atoms with Crippen LogP contribution in [0, 0.1) is 0 Å². The van der Waals surface area contributed by atoms with E-state index in [1.54, 1.807) is 0 Å². The monoisotopic (exact) mass is 380 g/mol. The Kier molecular flexibility index (Phi) is 5.96. The largest absolute Gasteiger partial charge is 0.486 e. The molecule has 0 atom stereocenters. The molecule has 2 N–H and O–H groups in total. The molecule has 1 heterocycles. The summed E-state index contributed by atoms with van der Waals surface area (Å²) in [7, 11) is 0. The van der Waals surface area contributed by atoms with Crippen molar-refractivity contribution in [1.82, 2.24) is 15.0 Å². The molecule has 3 rings (SSSR count). The topological polar surface area (TPSA) is 73.9 Å². The molecule has 3 aromatic rings. The average molecular weight is 381 g/mol. The van der Waals surface area contributed by atoms with Crippen LogP contribution >= 0.6 is 11.8 Å². The van der Waals surface area contributed by atoms with Crippen molar-refractivity contribution < 1.29 is 4.74 Å². The Hall–Kier alpha value is -2.60. The van der Waals surface area contributed by atoms with Crippen molar-refractivity contribution in [2.24, 2.45) is 0 Å². The number of anilines is 1. The van der Waals surface area contributed by atoms with Gasteiger partial charge in [-0.05, 0) is 28.7 Å². The molecule has 0 fully saturated rings. The summed E-state index contributed by atoms with van der Waals surface area (Å²) in [6, 6.07) is 18.3. The second-order valence-electron chi connectivity index (χ2n) is 7.23. The van der Waals surface area contributed by atoms with E-state index in [1.807, 2.05) is 30.3 Å². The molecule has 0 saturated heterocycles. The predicted molar refractivity (Wildman–Crippen MR) is 110 cm³/mol. The number of ether oxygens (including phenoxy) is 1. The Labute approximate surface area is 164 Å². The summed E-state index contributed by atoms with van der Waals surface area (Å²) >= 11 is 1.53. The average Bonchev–Trinajstić information content (AvgIpc) is 2.65. The Morgan fingerprint density at radius 2 is 1.63 bits per heavy atom. The lowest BCUT2D eigenvalue weighted by molar-refractivity contribution is 0.294. The van der Waals surface area contributed by atoms with E-state index in [2.05, 4.69) is 60.0 Å². The van der Waals surface area contributed by atoms with E-state index in [0.29, 0.717) is 11.0 Å². The van der Waals surface area contributed by atoms with Crippen molar-refractivity contribution in [3.05, 3.63) is 71.5 Å². The first-order valence-corrected chi connectivity index (χ1v) is 9.79. The summed E-state index contributed by atoms with van der Waals surface area (Å²) in [6.45, 7) is 6.81. The third kappa shape index (κ3) is 5.69. The van der Waals surface area contributed by atoms with E-state index in [1.165, 1.54) is 22.9 Å². The molecule has 0 bridgehead atoms. The highest BCUT2D eigenvalue weighted by molar-refractivity contribution is 7.98. The van der Waals surface area contributed by atoms with Crippen LogP contribution in [0.2, 0.25) is 0 Å². The standard InChI is InChI=1S/C21H24N4OS/c1-21(2,3)16-9-11-17(12-10-16)26-13-18-23-19(22)25-20(24-18)27-14-15-7-5-4-6-8-15/h4-12H,13-14H2,1-3H3,(H2,22,23,24,25). The molecule has 0 aliphatic heterocycles. The fraction of sp³-hybridized carbons (Fsp3) is 0.286. The number of rotatable bonds is 6. The number of nitrogens with two attached hydrogens (primary N) is 1. The minimum atomic E-state index is 0.117. The predicted octanol–water partition coefficient (Wildman–Crippen LogP) is 4.62. The van der Waals surface area contributed by atoms with Gasteiger partial charge in [0.15, 0.2) is 11.0 Å². The van der Waals surface area contributed by atoms with Gasteiger partial charge in [-0.2, -0.15) is 9.97 Å². The fourth-order valence-electron chi connectivity index (χ4n) is 2.47.